The summed E-state index contributed by atoms with van der Waals surface area (Å²) < 4.78 is 0. The van der Waals surface area contributed by atoms with Gasteiger partial charge in [-0.25, -0.2) is 0 Å². The first-order valence-electron chi connectivity index (χ1n) is 8.52. The maximum Gasteiger partial charge on any atom is 0.243 e. The number of carbonyl (C=O) groups excluding carboxylic acids is 2. The molecule has 0 bridgehead atoms. The second-order valence-corrected chi connectivity index (χ2v) is 8.51. The van der Waals surface area contributed by atoms with Crippen molar-refractivity contribution in [2.24, 2.45) is 11.3 Å². The van der Waals surface area contributed by atoms with Crippen LogP contribution in [0.3, 0.4) is 0 Å². The average Bonchev–Trinajstić information content (AvgIpc) is 2.56. The Bertz CT molecular complexity index is 906. The van der Waals surface area contributed by atoms with Gasteiger partial charge >= 0.3 is 0 Å². The maximum atomic E-state index is 12.6. The van der Waals surface area contributed by atoms with Crippen molar-refractivity contribution >= 4 is 29.3 Å². The Kier molecular flexibility index (Phi) is 5.98. The van der Waals surface area contributed by atoms with E-state index in [4.69, 9.17) is 0 Å². The Balaban J connectivity index is 2.23. The van der Waals surface area contributed by atoms with Gasteiger partial charge in [0, 0.05) is 11.1 Å². The summed E-state index contributed by atoms with van der Waals surface area (Å²) >= 11 is 1.11. The minimum absolute atomic E-state index is 0.230. The van der Waals surface area contributed by atoms with Gasteiger partial charge < -0.3 is 10.6 Å². The summed E-state index contributed by atoms with van der Waals surface area (Å²) in [4.78, 5) is 24.8. The topological polar surface area (TPSA) is 106 Å². The third kappa shape index (κ3) is 4.15. The number of hydrogen-bond acceptors (Lipinski definition) is 5. The summed E-state index contributed by atoms with van der Waals surface area (Å²) in [5.74, 6) is -1.63. The van der Waals surface area contributed by atoms with Crippen LogP contribution >= 0.6 is 11.8 Å². The Labute approximate surface area is 163 Å². The largest absolute Gasteiger partial charge is 0.325 e. The molecule has 0 radical (unpaired) electrons. The number of nitrogens with zero attached hydrogens (tertiary/aromatic N) is 2. The van der Waals surface area contributed by atoms with Gasteiger partial charge in [-0.1, -0.05) is 43.3 Å². The van der Waals surface area contributed by atoms with E-state index in [1.165, 1.54) is 0 Å². The lowest BCUT2D eigenvalue weighted by molar-refractivity contribution is -0.125. The highest BCUT2D eigenvalue weighted by Crippen LogP contribution is 2.42. The number of carbonyl (C=O) groups is 2. The molecule has 0 saturated heterocycles. The molecular formula is C20H22N4O2S. The summed E-state index contributed by atoms with van der Waals surface area (Å²) in [5, 5.41) is 24.1. The van der Waals surface area contributed by atoms with Gasteiger partial charge in [0.2, 0.25) is 11.8 Å². The number of hydrogen-bond donors (Lipinski definition) is 2. The van der Waals surface area contributed by atoms with E-state index in [1.807, 2.05) is 38.1 Å². The van der Waals surface area contributed by atoms with Gasteiger partial charge in [0.05, 0.1) is 28.0 Å². The third-order valence-corrected chi connectivity index (χ3v) is 5.75. The van der Waals surface area contributed by atoms with E-state index in [2.05, 4.69) is 16.7 Å². The Morgan fingerprint density at radius 2 is 2.00 bits per heavy atom. The fraction of sp³-hybridized carbons (Fsp3) is 0.400. The van der Waals surface area contributed by atoms with Crippen LogP contribution in [-0.4, -0.2) is 17.1 Å². The van der Waals surface area contributed by atoms with Crippen LogP contribution < -0.4 is 10.6 Å². The van der Waals surface area contributed by atoms with E-state index in [-0.39, 0.29) is 5.91 Å². The second kappa shape index (κ2) is 7.85. The molecule has 2 atom stereocenters. The van der Waals surface area contributed by atoms with Crippen LogP contribution in [0.2, 0.25) is 0 Å². The predicted molar refractivity (Wildman–Crippen MR) is 105 cm³/mol. The van der Waals surface area contributed by atoms with Gasteiger partial charge in [0.1, 0.15) is 5.92 Å². The van der Waals surface area contributed by atoms with E-state index >= 15 is 0 Å². The monoisotopic (exact) mass is 382 g/mol. The number of anilines is 1. The number of benzene rings is 1. The molecule has 0 saturated carbocycles. The second-order valence-electron chi connectivity index (χ2n) is 7.16. The molecule has 0 fully saturated rings. The highest BCUT2D eigenvalue weighted by molar-refractivity contribution is 8.04. The van der Waals surface area contributed by atoms with Gasteiger partial charge in [0.15, 0.2) is 0 Å². The molecule has 0 aromatic heterocycles. The first-order chi connectivity index (χ1) is 12.6. The first kappa shape index (κ1) is 20.5. The zero-order valence-corrected chi connectivity index (χ0v) is 16.8. The fourth-order valence-electron chi connectivity index (χ4n) is 2.93. The van der Waals surface area contributed by atoms with Crippen LogP contribution in [-0.2, 0) is 9.59 Å². The molecule has 1 aliphatic heterocycles. The number of nitrogens with one attached hydrogen (secondary N) is 2. The molecule has 2 N–H and O–H groups in total. The quantitative estimate of drug-likeness (QED) is 0.830. The number of allylic oxidation sites excluding steroid dienone is 1. The van der Waals surface area contributed by atoms with Crippen molar-refractivity contribution in [2.75, 3.05) is 5.32 Å². The minimum Gasteiger partial charge on any atom is -0.325 e. The van der Waals surface area contributed by atoms with Gasteiger partial charge in [-0.2, -0.15) is 10.5 Å². The highest BCUT2D eigenvalue weighted by atomic mass is 32.2. The summed E-state index contributed by atoms with van der Waals surface area (Å²) in [6.07, 6.45) is 0. The van der Waals surface area contributed by atoms with Crippen LogP contribution in [0.1, 0.15) is 31.9 Å². The molecule has 0 unspecified atom stereocenters. The Hall–Kier alpha value is -2.77. The molecule has 1 aliphatic rings. The zero-order valence-electron chi connectivity index (χ0n) is 16.0. The zero-order chi connectivity index (χ0) is 20.4. The van der Waals surface area contributed by atoms with Crippen LogP contribution in [0.25, 0.3) is 0 Å². The first-order valence-corrected chi connectivity index (χ1v) is 9.40. The molecule has 0 spiro atoms. The van der Waals surface area contributed by atoms with Crippen LogP contribution in [0, 0.1) is 47.8 Å². The number of nitriles is 2. The van der Waals surface area contributed by atoms with E-state index < -0.39 is 22.5 Å². The highest BCUT2D eigenvalue weighted by Gasteiger charge is 2.45. The number of thioether (sulfide) groups is 1. The smallest absolute Gasteiger partial charge is 0.243 e. The van der Waals surface area contributed by atoms with Crippen molar-refractivity contribution in [1.82, 2.24) is 5.32 Å². The van der Waals surface area contributed by atoms with Crippen molar-refractivity contribution in [3.05, 3.63) is 39.9 Å². The molecule has 2 rings (SSSR count). The van der Waals surface area contributed by atoms with E-state index in [9.17, 15) is 20.1 Å². The average molecular weight is 382 g/mol. The summed E-state index contributed by atoms with van der Waals surface area (Å²) in [6.45, 7) is 9.00. The summed E-state index contributed by atoms with van der Waals surface area (Å²) in [6, 6.07) is 9.81. The summed E-state index contributed by atoms with van der Waals surface area (Å²) in [5.41, 5.74) is 2.19. The molecule has 27 heavy (non-hydrogen) atoms. The molecule has 2 amide bonds. The van der Waals surface area contributed by atoms with Gasteiger partial charge in [-0.05, 0) is 32.4 Å². The summed E-state index contributed by atoms with van der Waals surface area (Å²) in [7, 11) is 0. The van der Waals surface area contributed by atoms with E-state index in [1.54, 1.807) is 20.8 Å². The van der Waals surface area contributed by atoms with Crippen LogP contribution in [0.5, 0.6) is 0 Å². The molecule has 7 heteroatoms. The lowest BCUT2D eigenvalue weighted by Crippen LogP contribution is -2.45. The lowest BCUT2D eigenvalue weighted by Gasteiger charge is -2.35. The number of amides is 2. The minimum atomic E-state index is -0.948. The van der Waals surface area contributed by atoms with Gasteiger partial charge in [0.25, 0.3) is 0 Å². The van der Waals surface area contributed by atoms with Gasteiger partial charge in [-0.3, -0.25) is 9.59 Å². The number of aryl methyl sites for hydroxylation is 2. The Morgan fingerprint density at radius 1 is 1.33 bits per heavy atom. The molecule has 0 aliphatic carbocycles. The molecule has 6 nitrogen and oxygen atoms in total. The van der Waals surface area contributed by atoms with Gasteiger partial charge in [-0.15, -0.1) is 0 Å². The number of rotatable bonds is 4. The Morgan fingerprint density at radius 3 is 2.56 bits per heavy atom. The lowest BCUT2D eigenvalue weighted by atomic mass is 9.72. The molecule has 140 valence electrons. The standard InChI is InChI=1S/C20H22N4O2S/c1-11-6-7-16(12(2)8-11)23-17(25)13(3)27-19-15(10-22)20(4,5)14(9-21)18(26)24-19/h6-8,13-14H,1-5H3,(H,23,25)(H,24,26)/t13-,14+/m0/s1. The fourth-order valence-corrected chi connectivity index (χ4v) is 4.04. The molecule has 1 aromatic carbocycles. The van der Waals surface area contributed by atoms with Crippen LogP contribution in [0.4, 0.5) is 5.69 Å². The van der Waals surface area contributed by atoms with Crippen molar-refractivity contribution < 1.29 is 9.59 Å². The van der Waals surface area contributed by atoms with Crippen molar-refractivity contribution in [1.29, 1.82) is 10.5 Å². The predicted octanol–water partition coefficient (Wildman–Crippen LogP) is 3.39. The molecule has 1 aromatic rings. The van der Waals surface area contributed by atoms with Crippen molar-refractivity contribution in [2.45, 2.75) is 39.9 Å². The van der Waals surface area contributed by atoms with Crippen LogP contribution in [0.15, 0.2) is 28.8 Å². The normalized spacial score (nSPS) is 19.5. The van der Waals surface area contributed by atoms with Crippen molar-refractivity contribution in [3.63, 3.8) is 0 Å². The van der Waals surface area contributed by atoms with E-state index in [0.29, 0.717) is 10.6 Å². The molecular weight excluding hydrogens is 360 g/mol. The van der Waals surface area contributed by atoms with E-state index in [0.717, 1.165) is 28.6 Å². The van der Waals surface area contributed by atoms with Crippen molar-refractivity contribution in [3.8, 4) is 12.1 Å². The third-order valence-electron chi connectivity index (χ3n) is 4.64. The SMILES string of the molecule is Cc1ccc(NC(=O)[C@H](C)SC2=C(C#N)C(C)(C)[C@H](C#N)C(=O)N2)c(C)c1. The maximum absolute atomic E-state index is 12.6. The molecule has 1 heterocycles.